The molecule has 0 radical (unpaired) electrons. The first-order valence-corrected chi connectivity index (χ1v) is 9.82. The Morgan fingerprint density at radius 3 is 2.34 bits per heavy atom. The lowest BCUT2D eigenvalue weighted by atomic mass is 9.79. The normalized spacial score (nSPS) is 20.6. The summed E-state index contributed by atoms with van der Waals surface area (Å²) in [6.07, 6.45) is 3.69. The zero-order valence-corrected chi connectivity index (χ0v) is 16.9. The molecule has 0 aliphatic carbocycles. The van der Waals surface area contributed by atoms with Crippen LogP contribution in [0.15, 0.2) is 36.9 Å². The summed E-state index contributed by atoms with van der Waals surface area (Å²) in [5.74, 6) is -2.57. The molecule has 1 unspecified atom stereocenters. The summed E-state index contributed by atoms with van der Waals surface area (Å²) < 4.78 is 44.8. The predicted octanol–water partition coefficient (Wildman–Crippen LogP) is 2.78. The largest absolute Gasteiger partial charge is 0.490 e. The van der Waals surface area contributed by atoms with Crippen LogP contribution in [-0.4, -0.2) is 69.2 Å². The number of hydrogen-bond acceptors (Lipinski definition) is 6. The van der Waals surface area contributed by atoms with E-state index in [1.54, 1.807) is 24.5 Å². The molecule has 2 aromatic rings. The van der Waals surface area contributed by atoms with Gasteiger partial charge in [-0.2, -0.15) is 13.2 Å². The molecule has 1 N–H and O–H groups in total. The number of carbonyl (C=O) groups excluding carboxylic acids is 1. The monoisotopic (exact) mass is 455 g/mol. The Bertz CT molecular complexity index is 943. The number of halogens is 4. The van der Waals surface area contributed by atoms with Crippen LogP contribution in [0.3, 0.4) is 0 Å². The molecule has 2 saturated heterocycles. The number of alkyl halides is 3. The lowest BCUT2D eigenvalue weighted by Crippen LogP contribution is -2.46. The third-order valence-corrected chi connectivity index (χ3v) is 5.43. The molecule has 4 heterocycles. The van der Waals surface area contributed by atoms with Crippen LogP contribution in [0, 0.1) is 11.2 Å². The Kier molecular flexibility index (Phi) is 6.90. The van der Waals surface area contributed by atoms with E-state index < -0.39 is 18.0 Å². The van der Waals surface area contributed by atoms with Gasteiger partial charge in [-0.1, -0.05) is 0 Å². The molecule has 2 aliphatic heterocycles. The second-order valence-electron chi connectivity index (χ2n) is 7.75. The number of hydrogen-bond donors (Lipinski definition) is 1. The van der Waals surface area contributed by atoms with Crippen LogP contribution in [0.4, 0.5) is 23.5 Å². The van der Waals surface area contributed by atoms with Crippen LogP contribution in [-0.2, 0) is 4.79 Å². The molecule has 0 saturated carbocycles. The van der Waals surface area contributed by atoms with Gasteiger partial charge < -0.3 is 14.9 Å². The van der Waals surface area contributed by atoms with Crippen molar-refractivity contribution in [1.29, 1.82) is 0 Å². The molecule has 12 heteroatoms. The molecule has 2 fully saturated rings. The lowest BCUT2D eigenvalue weighted by molar-refractivity contribution is -0.192. The number of rotatable bonds is 2. The Morgan fingerprint density at radius 2 is 1.75 bits per heavy atom. The zero-order valence-electron chi connectivity index (χ0n) is 16.9. The number of amides is 1. The molecule has 0 bridgehead atoms. The van der Waals surface area contributed by atoms with Gasteiger partial charge >= 0.3 is 12.1 Å². The first-order valence-electron chi connectivity index (χ1n) is 9.82. The van der Waals surface area contributed by atoms with Crippen LogP contribution in [0.2, 0.25) is 0 Å². The molecule has 1 amide bonds. The standard InChI is InChI=1S/C18H20FN5O.C2HF3O2/c19-15-10-21-17(22-11-15)24-7-2-4-18(13-24)5-8-23(12-18)16(25)14-3-1-6-20-9-14;3-2(4,5)1(6)7/h1,3,6,9-11H,2,4-5,7-8,12-13H2;(H,6,7). The number of nitrogens with zero attached hydrogens (tertiary/aromatic N) is 5. The van der Waals surface area contributed by atoms with Gasteiger partial charge in [-0.3, -0.25) is 9.78 Å². The highest BCUT2D eigenvalue weighted by Gasteiger charge is 2.43. The fraction of sp³-hybridized carbons (Fsp3) is 0.450. The van der Waals surface area contributed by atoms with E-state index in [0.717, 1.165) is 45.4 Å². The Hall–Kier alpha value is -3.31. The summed E-state index contributed by atoms with van der Waals surface area (Å²) in [4.78, 5) is 37.9. The van der Waals surface area contributed by atoms with Gasteiger partial charge in [0, 0.05) is 44.0 Å². The van der Waals surface area contributed by atoms with Crippen molar-refractivity contribution >= 4 is 17.8 Å². The third kappa shape index (κ3) is 5.68. The smallest absolute Gasteiger partial charge is 0.475 e. The van der Waals surface area contributed by atoms with E-state index in [2.05, 4.69) is 19.9 Å². The highest BCUT2D eigenvalue weighted by Crippen LogP contribution is 2.40. The van der Waals surface area contributed by atoms with Crippen molar-refractivity contribution < 1.29 is 32.3 Å². The lowest BCUT2D eigenvalue weighted by Gasteiger charge is -2.40. The fourth-order valence-corrected chi connectivity index (χ4v) is 3.96. The maximum Gasteiger partial charge on any atom is 0.490 e. The second-order valence-corrected chi connectivity index (χ2v) is 7.75. The van der Waals surface area contributed by atoms with Gasteiger partial charge in [0.25, 0.3) is 5.91 Å². The molecule has 2 aromatic heterocycles. The number of carbonyl (C=O) groups is 2. The molecule has 32 heavy (non-hydrogen) atoms. The van der Waals surface area contributed by atoms with Crippen molar-refractivity contribution in [3.8, 4) is 0 Å². The topological polar surface area (TPSA) is 99.5 Å². The van der Waals surface area contributed by atoms with Crippen molar-refractivity contribution in [2.24, 2.45) is 5.41 Å². The van der Waals surface area contributed by atoms with Gasteiger partial charge in [-0.05, 0) is 31.4 Å². The summed E-state index contributed by atoms with van der Waals surface area (Å²) in [5, 5.41) is 7.12. The van der Waals surface area contributed by atoms with Gasteiger partial charge in [0.15, 0.2) is 5.82 Å². The number of aromatic nitrogens is 3. The first kappa shape index (κ1) is 23.4. The van der Waals surface area contributed by atoms with E-state index in [9.17, 15) is 22.4 Å². The van der Waals surface area contributed by atoms with Crippen LogP contribution < -0.4 is 4.90 Å². The van der Waals surface area contributed by atoms with E-state index in [0.29, 0.717) is 11.5 Å². The molecule has 1 spiro atoms. The quantitative estimate of drug-likeness (QED) is 0.696. The molecule has 4 rings (SSSR count). The van der Waals surface area contributed by atoms with Gasteiger partial charge in [0.05, 0.1) is 18.0 Å². The van der Waals surface area contributed by atoms with Gasteiger partial charge in [-0.25, -0.2) is 19.2 Å². The number of carboxylic acids is 1. The number of pyridine rings is 1. The van der Waals surface area contributed by atoms with Gasteiger partial charge in [0.1, 0.15) is 0 Å². The SMILES string of the molecule is O=C(O)C(F)(F)F.O=C(c1cccnc1)N1CCC2(CCCN(c3ncc(F)cn3)C2)C1. The fourth-order valence-electron chi connectivity index (χ4n) is 3.96. The number of likely N-dealkylation sites (tertiary alicyclic amines) is 1. The minimum absolute atomic E-state index is 0.0418. The van der Waals surface area contributed by atoms with Crippen LogP contribution in [0.1, 0.15) is 29.6 Å². The summed E-state index contributed by atoms with van der Waals surface area (Å²) in [7, 11) is 0. The minimum atomic E-state index is -5.08. The maximum absolute atomic E-state index is 13.1. The summed E-state index contributed by atoms with van der Waals surface area (Å²) in [5.41, 5.74) is 0.697. The molecular weight excluding hydrogens is 434 g/mol. The minimum Gasteiger partial charge on any atom is -0.475 e. The molecule has 8 nitrogen and oxygen atoms in total. The van der Waals surface area contributed by atoms with E-state index >= 15 is 0 Å². The van der Waals surface area contributed by atoms with Crippen LogP contribution in [0.5, 0.6) is 0 Å². The Balaban J connectivity index is 0.000000360. The zero-order chi connectivity index (χ0) is 23.4. The van der Waals surface area contributed by atoms with Crippen molar-refractivity contribution in [3.05, 3.63) is 48.3 Å². The van der Waals surface area contributed by atoms with E-state index in [1.807, 2.05) is 4.90 Å². The number of piperidine rings is 1. The van der Waals surface area contributed by atoms with Gasteiger partial charge in [0.2, 0.25) is 5.95 Å². The van der Waals surface area contributed by atoms with Crippen molar-refractivity contribution in [1.82, 2.24) is 19.9 Å². The highest BCUT2D eigenvalue weighted by molar-refractivity contribution is 5.94. The summed E-state index contributed by atoms with van der Waals surface area (Å²) >= 11 is 0. The summed E-state index contributed by atoms with van der Waals surface area (Å²) in [6.45, 7) is 3.16. The van der Waals surface area contributed by atoms with E-state index in [-0.39, 0.29) is 11.3 Å². The van der Waals surface area contributed by atoms with Crippen LogP contribution >= 0.6 is 0 Å². The molecule has 172 valence electrons. The first-order chi connectivity index (χ1) is 15.1. The van der Waals surface area contributed by atoms with Crippen molar-refractivity contribution in [2.75, 3.05) is 31.1 Å². The van der Waals surface area contributed by atoms with Gasteiger partial charge in [-0.15, -0.1) is 0 Å². The molecular formula is C20H21F4N5O3. The molecule has 2 aliphatic rings. The van der Waals surface area contributed by atoms with E-state index in [4.69, 9.17) is 9.90 Å². The maximum atomic E-state index is 13.1. The average Bonchev–Trinajstić information content (AvgIpc) is 3.17. The molecule has 1 atom stereocenters. The average molecular weight is 455 g/mol. The molecule has 0 aromatic carbocycles. The van der Waals surface area contributed by atoms with Crippen LogP contribution in [0.25, 0.3) is 0 Å². The summed E-state index contributed by atoms with van der Waals surface area (Å²) in [6, 6.07) is 3.59. The predicted molar refractivity (Wildman–Crippen MR) is 104 cm³/mol. The number of carboxylic acid groups (broad SMARTS) is 1. The Morgan fingerprint density at radius 1 is 1.06 bits per heavy atom. The number of aliphatic carboxylic acids is 1. The third-order valence-electron chi connectivity index (χ3n) is 5.43. The van der Waals surface area contributed by atoms with Crippen molar-refractivity contribution in [3.63, 3.8) is 0 Å². The highest BCUT2D eigenvalue weighted by atomic mass is 19.4. The van der Waals surface area contributed by atoms with E-state index in [1.165, 1.54) is 12.4 Å². The Labute approximate surface area is 180 Å². The second kappa shape index (κ2) is 9.45. The number of anilines is 1. The van der Waals surface area contributed by atoms with Crippen molar-refractivity contribution in [2.45, 2.75) is 25.4 Å².